The van der Waals surface area contributed by atoms with Gasteiger partial charge in [-0.1, -0.05) is 6.92 Å². The first kappa shape index (κ1) is 11.5. The molecule has 1 rings (SSSR count). The normalized spacial score (nSPS) is 23.5. The molecule has 0 aromatic rings. The van der Waals surface area contributed by atoms with E-state index in [1.807, 2.05) is 14.1 Å². The van der Waals surface area contributed by atoms with E-state index in [0.29, 0.717) is 0 Å². The van der Waals surface area contributed by atoms with Crippen molar-refractivity contribution in [3.05, 3.63) is 0 Å². The van der Waals surface area contributed by atoms with E-state index >= 15 is 0 Å². The van der Waals surface area contributed by atoms with Crippen molar-refractivity contribution >= 4 is 5.91 Å². The molecule has 1 aliphatic rings. The Morgan fingerprint density at radius 3 is 2.86 bits per heavy atom. The van der Waals surface area contributed by atoms with Crippen molar-refractivity contribution < 1.29 is 4.79 Å². The fourth-order valence-corrected chi connectivity index (χ4v) is 1.84. The molecule has 1 fully saturated rings. The van der Waals surface area contributed by atoms with Crippen molar-refractivity contribution in [3.63, 3.8) is 0 Å². The Kier molecular flexibility index (Phi) is 4.35. The van der Waals surface area contributed by atoms with Crippen LogP contribution in [-0.2, 0) is 4.79 Å². The van der Waals surface area contributed by atoms with Gasteiger partial charge in [0.05, 0.1) is 0 Å². The lowest BCUT2D eigenvalue weighted by atomic mass is 10.1. The average Bonchev–Trinajstić information content (AvgIpc) is 2.18. The zero-order valence-corrected chi connectivity index (χ0v) is 9.42. The first-order valence-corrected chi connectivity index (χ1v) is 5.32. The number of nitrogens with zero attached hydrogens (tertiary/aromatic N) is 2. The van der Waals surface area contributed by atoms with E-state index in [0.717, 1.165) is 32.6 Å². The number of rotatable bonds is 3. The molecule has 0 aromatic heterocycles. The van der Waals surface area contributed by atoms with Crippen LogP contribution in [0, 0.1) is 0 Å². The maximum Gasteiger partial charge on any atom is 0.240 e. The van der Waals surface area contributed by atoms with Gasteiger partial charge in [-0.2, -0.15) is 0 Å². The van der Waals surface area contributed by atoms with Gasteiger partial charge in [0.25, 0.3) is 0 Å². The molecule has 1 saturated heterocycles. The van der Waals surface area contributed by atoms with Gasteiger partial charge in [0.1, 0.15) is 6.04 Å². The Bertz CT molecular complexity index is 192. The van der Waals surface area contributed by atoms with Crippen molar-refractivity contribution in [3.8, 4) is 0 Å². The molecule has 4 heteroatoms. The summed E-state index contributed by atoms with van der Waals surface area (Å²) in [6, 6.07) is 0.0405. The molecular weight excluding hydrogens is 178 g/mol. The maximum absolute atomic E-state index is 11.8. The van der Waals surface area contributed by atoms with Gasteiger partial charge >= 0.3 is 0 Å². The SMILES string of the molecule is CCCN1CCNCC1C(=O)N(C)C. The third-order valence-corrected chi connectivity index (χ3v) is 2.59. The molecule has 14 heavy (non-hydrogen) atoms. The van der Waals surface area contributed by atoms with Crippen LogP contribution < -0.4 is 5.32 Å². The monoisotopic (exact) mass is 199 g/mol. The van der Waals surface area contributed by atoms with E-state index < -0.39 is 0 Å². The lowest BCUT2D eigenvalue weighted by Crippen LogP contribution is -2.57. The smallest absolute Gasteiger partial charge is 0.240 e. The van der Waals surface area contributed by atoms with Crippen LogP contribution in [0.3, 0.4) is 0 Å². The van der Waals surface area contributed by atoms with Crippen molar-refractivity contribution in [1.29, 1.82) is 0 Å². The third kappa shape index (κ3) is 2.69. The molecule has 1 N–H and O–H groups in total. The molecular formula is C10H21N3O. The number of nitrogens with one attached hydrogen (secondary N) is 1. The second-order valence-electron chi connectivity index (χ2n) is 3.99. The van der Waals surface area contributed by atoms with Crippen LogP contribution in [0.1, 0.15) is 13.3 Å². The predicted molar refractivity (Wildman–Crippen MR) is 57.2 cm³/mol. The van der Waals surface area contributed by atoms with Gasteiger partial charge in [-0.3, -0.25) is 9.69 Å². The summed E-state index contributed by atoms with van der Waals surface area (Å²) in [6.07, 6.45) is 1.11. The maximum atomic E-state index is 11.8. The Morgan fingerprint density at radius 2 is 2.29 bits per heavy atom. The predicted octanol–water partition coefficient (Wildman–Crippen LogP) is -0.242. The van der Waals surface area contributed by atoms with Crippen LogP contribution in [0.25, 0.3) is 0 Å². The Morgan fingerprint density at radius 1 is 1.57 bits per heavy atom. The molecule has 1 atom stereocenters. The van der Waals surface area contributed by atoms with E-state index in [-0.39, 0.29) is 11.9 Å². The van der Waals surface area contributed by atoms with Crippen LogP contribution >= 0.6 is 0 Å². The van der Waals surface area contributed by atoms with Crippen molar-refractivity contribution in [2.45, 2.75) is 19.4 Å². The summed E-state index contributed by atoms with van der Waals surface area (Å²) in [5.74, 6) is 0.214. The zero-order chi connectivity index (χ0) is 10.6. The Hall–Kier alpha value is -0.610. The zero-order valence-electron chi connectivity index (χ0n) is 9.42. The molecule has 0 bridgehead atoms. The van der Waals surface area contributed by atoms with E-state index in [1.54, 1.807) is 4.90 Å². The van der Waals surface area contributed by atoms with Gasteiger partial charge in [0.15, 0.2) is 0 Å². The van der Waals surface area contributed by atoms with Crippen LogP contribution in [0.15, 0.2) is 0 Å². The molecule has 4 nitrogen and oxygen atoms in total. The van der Waals surface area contributed by atoms with E-state index in [1.165, 1.54) is 0 Å². The number of hydrogen-bond donors (Lipinski definition) is 1. The number of hydrogen-bond acceptors (Lipinski definition) is 3. The van der Waals surface area contributed by atoms with Crippen molar-refractivity contribution in [1.82, 2.24) is 15.1 Å². The molecule has 0 radical (unpaired) electrons. The number of likely N-dealkylation sites (N-methyl/N-ethyl adjacent to an activating group) is 1. The Balaban J connectivity index is 2.57. The first-order chi connectivity index (χ1) is 6.66. The van der Waals surface area contributed by atoms with Gasteiger partial charge < -0.3 is 10.2 Å². The highest BCUT2D eigenvalue weighted by atomic mass is 16.2. The first-order valence-electron chi connectivity index (χ1n) is 5.32. The van der Waals surface area contributed by atoms with Crippen LogP contribution in [0.4, 0.5) is 0 Å². The lowest BCUT2D eigenvalue weighted by molar-refractivity contribution is -0.135. The van der Waals surface area contributed by atoms with E-state index in [4.69, 9.17) is 0 Å². The second kappa shape index (κ2) is 5.32. The summed E-state index contributed by atoms with van der Waals surface area (Å²) in [5, 5.41) is 3.27. The summed E-state index contributed by atoms with van der Waals surface area (Å²) in [5.41, 5.74) is 0. The summed E-state index contributed by atoms with van der Waals surface area (Å²) in [4.78, 5) is 15.8. The molecule has 1 amide bonds. The van der Waals surface area contributed by atoms with Gasteiger partial charge in [-0.15, -0.1) is 0 Å². The third-order valence-electron chi connectivity index (χ3n) is 2.59. The number of amides is 1. The number of carbonyl (C=O) groups is 1. The second-order valence-corrected chi connectivity index (χ2v) is 3.99. The average molecular weight is 199 g/mol. The minimum absolute atomic E-state index is 0.0405. The summed E-state index contributed by atoms with van der Waals surface area (Å²) in [6.45, 7) is 5.94. The Labute approximate surface area is 86.2 Å². The molecule has 82 valence electrons. The van der Waals surface area contributed by atoms with E-state index in [2.05, 4.69) is 17.1 Å². The highest BCUT2D eigenvalue weighted by Gasteiger charge is 2.28. The molecule has 1 unspecified atom stereocenters. The fourth-order valence-electron chi connectivity index (χ4n) is 1.84. The molecule has 0 spiro atoms. The highest BCUT2D eigenvalue weighted by molar-refractivity contribution is 5.81. The standard InChI is InChI=1S/C10H21N3O/c1-4-6-13-7-5-11-8-9(13)10(14)12(2)3/h9,11H,4-8H2,1-3H3. The van der Waals surface area contributed by atoms with Gasteiger partial charge in [-0.25, -0.2) is 0 Å². The van der Waals surface area contributed by atoms with Crippen molar-refractivity contribution in [2.24, 2.45) is 0 Å². The topological polar surface area (TPSA) is 35.6 Å². The molecule has 0 aliphatic carbocycles. The van der Waals surface area contributed by atoms with Gasteiger partial charge in [0.2, 0.25) is 5.91 Å². The minimum Gasteiger partial charge on any atom is -0.347 e. The van der Waals surface area contributed by atoms with Gasteiger partial charge in [-0.05, 0) is 13.0 Å². The largest absolute Gasteiger partial charge is 0.347 e. The summed E-state index contributed by atoms with van der Waals surface area (Å²) in [7, 11) is 3.64. The van der Waals surface area contributed by atoms with Gasteiger partial charge in [0, 0.05) is 33.7 Å². The highest BCUT2D eigenvalue weighted by Crippen LogP contribution is 2.06. The van der Waals surface area contributed by atoms with Crippen LogP contribution in [-0.4, -0.2) is 62.0 Å². The summed E-state index contributed by atoms with van der Waals surface area (Å²) >= 11 is 0. The molecule has 1 heterocycles. The minimum atomic E-state index is 0.0405. The summed E-state index contributed by atoms with van der Waals surface area (Å²) < 4.78 is 0. The lowest BCUT2D eigenvalue weighted by Gasteiger charge is -2.36. The quantitative estimate of drug-likeness (QED) is 0.681. The van der Waals surface area contributed by atoms with Crippen molar-refractivity contribution in [2.75, 3.05) is 40.3 Å². The molecule has 0 saturated carbocycles. The van der Waals surface area contributed by atoms with Crippen LogP contribution in [0.5, 0.6) is 0 Å². The number of carbonyl (C=O) groups excluding carboxylic acids is 1. The van der Waals surface area contributed by atoms with E-state index in [9.17, 15) is 4.79 Å². The fraction of sp³-hybridized carbons (Fsp3) is 0.900. The number of piperazine rings is 1. The van der Waals surface area contributed by atoms with Crippen LogP contribution in [0.2, 0.25) is 0 Å². The molecule has 0 aromatic carbocycles. The molecule has 1 aliphatic heterocycles.